The number of aryl methyl sites for hydroxylation is 1. The first-order chi connectivity index (χ1) is 15.9. The number of carbonyl (C=O) groups excluding carboxylic acids is 1. The van der Waals surface area contributed by atoms with Crippen molar-refractivity contribution in [3.05, 3.63) is 84.4 Å². The van der Waals surface area contributed by atoms with Crippen LogP contribution in [0.4, 0.5) is 17.1 Å². The summed E-state index contributed by atoms with van der Waals surface area (Å²) in [7, 11) is -3.62. The molecule has 0 aliphatic carbocycles. The maximum Gasteiger partial charge on any atom is 0.243 e. The van der Waals surface area contributed by atoms with Crippen LogP contribution in [0.2, 0.25) is 0 Å². The average Bonchev–Trinajstić information content (AvgIpc) is 2.84. The van der Waals surface area contributed by atoms with Gasteiger partial charge in [-0.2, -0.15) is 14.5 Å². The van der Waals surface area contributed by atoms with Gasteiger partial charge in [0.1, 0.15) is 0 Å². The molecule has 3 aromatic carbocycles. The molecule has 4 rings (SSSR count). The van der Waals surface area contributed by atoms with Crippen LogP contribution in [-0.4, -0.2) is 31.7 Å². The first kappa shape index (κ1) is 22.8. The van der Waals surface area contributed by atoms with E-state index in [0.717, 1.165) is 11.3 Å². The van der Waals surface area contributed by atoms with Gasteiger partial charge in [0.2, 0.25) is 15.9 Å². The molecule has 0 aromatic heterocycles. The van der Waals surface area contributed by atoms with Gasteiger partial charge in [0, 0.05) is 18.8 Å². The number of piperidine rings is 1. The van der Waals surface area contributed by atoms with Gasteiger partial charge in [-0.05, 0) is 68.3 Å². The monoisotopic (exact) mass is 462 g/mol. The Labute approximate surface area is 194 Å². The van der Waals surface area contributed by atoms with E-state index in [1.807, 2.05) is 37.3 Å². The summed E-state index contributed by atoms with van der Waals surface area (Å²) in [5, 5.41) is 11.3. The summed E-state index contributed by atoms with van der Waals surface area (Å²) in [6.45, 7) is 2.50. The lowest BCUT2D eigenvalue weighted by Crippen LogP contribution is -2.43. The second-order valence-electron chi connectivity index (χ2n) is 8.09. The van der Waals surface area contributed by atoms with Gasteiger partial charge in [0.15, 0.2) is 0 Å². The van der Waals surface area contributed by atoms with Gasteiger partial charge in [-0.15, -0.1) is 0 Å². The predicted octanol–water partition coefficient (Wildman–Crippen LogP) is 5.45. The first-order valence-electron chi connectivity index (χ1n) is 10.9. The summed E-state index contributed by atoms with van der Waals surface area (Å²) in [5.41, 5.74) is 3.07. The van der Waals surface area contributed by atoms with E-state index in [9.17, 15) is 13.2 Å². The SMILES string of the molecule is Cc1ccc(S(=O)(=O)N2CCCC(C(=O)Nc3ccc(N=Nc4ccccc4)cc3)C2)cc1. The lowest BCUT2D eigenvalue weighted by atomic mass is 9.98. The van der Waals surface area contributed by atoms with Crippen molar-refractivity contribution in [3.63, 3.8) is 0 Å². The van der Waals surface area contributed by atoms with Gasteiger partial charge in [-0.1, -0.05) is 35.9 Å². The molecule has 1 N–H and O–H groups in total. The smallest absolute Gasteiger partial charge is 0.243 e. The van der Waals surface area contributed by atoms with Crippen LogP contribution in [0.5, 0.6) is 0 Å². The largest absolute Gasteiger partial charge is 0.326 e. The molecule has 3 aromatic rings. The van der Waals surface area contributed by atoms with Crippen molar-refractivity contribution in [3.8, 4) is 0 Å². The zero-order valence-corrected chi connectivity index (χ0v) is 19.2. The van der Waals surface area contributed by atoms with E-state index < -0.39 is 15.9 Å². The third-order valence-electron chi connectivity index (χ3n) is 5.59. The van der Waals surface area contributed by atoms with Crippen molar-refractivity contribution in [2.24, 2.45) is 16.1 Å². The number of carbonyl (C=O) groups is 1. The van der Waals surface area contributed by atoms with Crippen LogP contribution >= 0.6 is 0 Å². The van der Waals surface area contributed by atoms with Crippen molar-refractivity contribution >= 4 is 33.0 Å². The van der Waals surface area contributed by atoms with Gasteiger partial charge in [0.05, 0.1) is 22.2 Å². The molecule has 1 unspecified atom stereocenters. The molecular weight excluding hydrogens is 436 g/mol. The quantitative estimate of drug-likeness (QED) is 0.494. The molecule has 1 fully saturated rings. The highest BCUT2D eigenvalue weighted by molar-refractivity contribution is 7.89. The number of hydrogen-bond acceptors (Lipinski definition) is 5. The highest BCUT2D eigenvalue weighted by Gasteiger charge is 2.33. The number of nitrogens with zero attached hydrogens (tertiary/aromatic N) is 3. The van der Waals surface area contributed by atoms with Gasteiger partial charge in [0.25, 0.3) is 0 Å². The Kier molecular flexibility index (Phi) is 6.96. The molecule has 7 nitrogen and oxygen atoms in total. The molecule has 0 spiro atoms. The molecule has 1 amide bonds. The Morgan fingerprint density at radius 3 is 2.21 bits per heavy atom. The van der Waals surface area contributed by atoms with E-state index in [1.54, 1.807) is 48.5 Å². The Hall–Kier alpha value is -3.36. The van der Waals surface area contributed by atoms with E-state index in [2.05, 4.69) is 15.5 Å². The maximum absolute atomic E-state index is 13.0. The molecule has 1 atom stereocenters. The highest BCUT2D eigenvalue weighted by atomic mass is 32.2. The summed E-state index contributed by atoms with van der Waals surface area (Å²) < 4.78 is 27.4. The Morgan fingerprint density at radius 1 is 0.909 bits per heavy atom. The molecule has 1 heterocycles. The molecule has 1 aliphatic heterocycles. The molecule has 8 heteroatoms. The van der Waals surface area contributed by atoms with Crippen LogP contribution in [-0.2, 0) is 14.8 Å². The fourth-order valence-corrected chi connectivity index (χ4v) is 5.22. The number of azo groups is 1. The molecular formula is C25H26N4O3S. The molecule has 170 valence electrons. The molecule has 0 saturated carbocycles. The molecule has 33 heavy (non-hydrogen) atoms. The number of anilines is 1. The number of benzene rings is 3. The Morgan fingerprint density at radius 2 is 1.55 bits per heavy atom. The lowest BCUT2D eigenvalue weighted by Gasteiger charge is -2.31. The van der Waals surface area contributed by atoms with Crippen LogP contribution in [0.15, 0.2) is 94.0 Å². The topological polar surface area (TPSA) is 91.2 Å². The van der Waals surface area contributed by atoms with Crippen LogP contribution < -0.4 is 5.32 Å². The minimum absolute atomic E-state index is 0.172. The molecule has 0 bridgehead atoms. The van der Waals surface area contributed by atoms with Crippen molar-refractivity contribution in [2.45, 2.75) is 24.7 Å². The number of sulfonamides is 1. The van der Waals surface area contributed by atoms with E-state index in [1.165, 1.54) is 4.31 Å². The van der Waals surface area contributed by atoms with Crippen LogP contribution in [0.25, 0.3) is 0 Å². The summed E-state index contributed by atoms with van der Waals surface area (Å²) in [5.74, 6) is -0.589. The summed E-state index contributed by atoms with van der Waals surface area (Å²) >= 11 is 0. The number of amides is 1. The predicted molar refractivity (Wildman–Crippen MR) is 128 cm³/mol. The van der Waals surface area contributed by atoms with Gasteiger partial charge in [-0.25, -0.2) is 8.42 Å². The minimum atomic E-state index is -3.62. The van der Waals surface area contributed by atoms with Crippen LogP contribution in [0, 0.1) is 12.8 Å². The normalized spacial score (nSPS) is 17.2. The second kappa shape index (κ2) is 10.1. The van der Waals surface area contributed by atoms with Crippen LogP contribution in [0.1, 0.15) is 18.4 Å². The number of nitrogens with one attached hydrogen (secondary N) is 1. The molecule has 0 radical (unpaired) electrons. The molecule has 1 saturated heterocycles. The van der Waals surface area contributed by atoms with Gasteiger partial charge < -0.3 is 5.32 Å². The van der Waals surface area contributed by atoms with Gasteiger partial charge >= 0.3 is 0 Å². The van der Waals surface area contributed by atoms with E-state index in [4.69, 9.17) is 0 Å². The Balaban J connectivity index is 1.38. The van der Waals surface area contributed by atoms with Crippen molar-refractivity contribution < 1.29 is 13.2 Å². The molecule has 1 aliphatic rings. The third-order valence-corrected chi connectivity index (χ3v) is 7.47. The number of hydrogen-bond donors (Lipinski definition) is 1. The summed E-state index contributed by atoms with van der Waals surface area (Å²) in [6.07, 6.45) is 1.29. The number of rotatable bonds is 6. The zero-order valence-electron chi connectivity index (χ0n) is 18.4. The second-order valence-corrected chi connectivity index (χ2v) is 10.0. The maximum atomic E-state index is 13.0. The standard InChI is InChI=1S/C25H26N4O3S/c1-19-9-15-24(16-10-19)33(31,32)29-17-5-6-20(18-29)25(30)26-21-11-13-23(14-12-21)28-27-22-7-3-2-4-8-22/h2-4,7-16,20H,5-6,17-18H2,1H3,(H,26,30). The van der Waals surface area contributed by atoms with Crippen molar-refractivity contribution in [2.75, 3.05) is 18.4 Å². The summed E-state index contributed by atoms with van der Waals surface area (Å²) in [4.78, 5) is 13.1. The van der Waals surface area contributed by atoms with E-state index >= 15 is 0 Å². The minimum Gasteiger partial charge on any atom is -0.326 e. The zero-order chi connectivity index (χ0) is 23.3. The fraction of sp³-hybridized carbons (Fsp3) is 0.240. The fourth-order valence-electron chi connectivity index (χ4n) is 3.70. The van der Waals surface area contributed by atoms with E-state index in [-0.39, 0.29) is 17.3 Å². The first-order valence-corrected chi connectivity index (χ1v) is 12.3. The highest BCUT2D eigenvalue weighted by Crippen LogP contribution is 2.26. The Bertz CT molecular complexity index is 1220. The lowest BCUT2D eigenvalue weighted by molar-refractivity contribution is -0.120. The average molecular weight is 463 g/mol. The van der Waals surface area contributed by atoms with Gasteiger partial charge in [-0.3, -0.25) is 4.79 Å². The van der Waals surface area contributed by atoms with E-state index in [0.29, 0.717) is 30.8 Å². The van der Waals surface area contributed by atoms with Crippen molar-refractivity contribution in [1.82, 2.24) is 4.31 Å². The van der Waals surface area contributed by atoms with Crippen molar-refractivity contribution in [1.29, 1.82) is 0 Å². The summed E-state index contributed by atoms with van der Waals surface area (Å²) in [6, 6.07) is 23.3. The van der Waals surface area contributed by atoms with Crippen LogP contribution in [0.3, 0.4) is 0 Å². The third kappa shape index (κ3) is 5.71.